The van der Waals surface area contributed by atoms with E-state index in [0.717, 1.165) is 40.8 Å². The topological polar surface area (TPSA) is 73.1 Å². The number of nitrogens with zero attached hydrogens (tertiary/aromatic N) is 5. The van der Waals surface area contributed by atoms with Crippen molar-refractivity contribution in [2.24, 2.45) is 7.05 Å². The van der Waals surface area contributed by atoms with Crippen LogP contribution in [-0.2, 0) is 19.5 Å². The molecule has 7 nitrogen and oxygen atoms in total. The first-order valence-electron chi connectivity index (χ1n) is 11.7. The second kappa shape index (κ2) is 8.71. The molecule has 0 spiro atoms. The fourth-order valence-corrected chi connectivity index (χ4v) is 4.93. The lowest BCUT2D eigenvalue weighted by Gasteiger charge is -2.18. The normalized spacial score (nSPS) is 14.9. The van der Waals surface area contributed by atoms with Gasteiger partial charge in [0, 0.05) is 41.2 Å². The van der Waals surface area contributed by atoms with Gasteiger partial charge in [0.25, 0.3) is 5.91 Å². The number of pyridine rings is 1. The van der Waals surface area contributed by atoms with Crippen LogP contribution < -0.4 is 9.64 Å². The van der Waals surface area contributed by atoms with Gasteiger partial charge in [0.05, 0.1) is 13.7 Å². The molecule has 2 aromatic heterocycles. The number of anilines is 1. The predicted octanol–water partition coefficient (Wildman–Crippen LogP) is 5.47. The van der Waals surface area contributed by atoms with Crippen LogP contribution >= 0.6 is 11.6 Å². The molecule has 1 amide bonds. The van der Waals surface area contributed by atoms with Crippen LogP contribution in [0.2, 0.25) is 0 Å². The third kappa shape index (κ3) is 3.82. The Morgan fingerprint density at radius 1 is 1.11 bits per heavy atom. The smallest absolute Gasteiger partial charge is 0.260 e. The van der Waals surface area contributed by atoms with Gasteiger partial charge >= 0.3 is 0 Å². The van der Waals surface area contributed by atoms with Crippen molar-refractivity contribution in [2.75, 3.05) is 12.0 Å². The number of fused-ring (bicyclic) bond motifs is 1. The summed E-state index contributed by atoms with van der Waals surface area (Å²) < 4.78 is 21.6. The van der Waals surface area contributed by atoms with E-state index in [-0.39, 0.29) is 17.6 Å². The molecule has 1 aliphatic carbocycles. The van der Waals surface area contributed by atoms with E-state index in [0.29, 0.717) is 41.0 Å². The van der Waals surface area contributed by atoms with Gasteiger partial charge in [0.2, 0.25) is 0 Å². The predicted molar refractivity (Wildman–Crippen MR) is 135 cm³/mol. The number of aromatic nitrogens is 4. The molecule has 0 radical (unpaired) electrons. The number of ether oxygens (including phenoxy) is 1. The minimum Gasteiger partial charge on any atom is -0.496 e. The van der Waals surface area contributed by atoms with Crippen LogP contribution in [-0.4, -0.2) is 32.8 Å². The molecule has 9 heteroatoms. The number of hydrogen-bond donors (Lipinski definition) is 0. The van der Waals surface area contributed by atoms with Gasteiger partial charge in [-0.25, -0.2) is 9.37 Å². The summed E-state index contributed by atoms with van der Waals surface area (Å²) in [6, 6.07) is 12.3. The molecule has 0 atom stereocenters. The maximum Gasteiger partial charge on any atom is 0.260 e. The zero-order valence-electron chi connectivity index (χ0n) is 19.8. The lowest BCUT2D eigenvalue weighted by Crippen LogP contribution is -2.24. The molecular weight excluding hydrogens is 481 g/mol. The van der Waals surface area contributed by atoms with Crippen molar-refractivity contribution in [3.05, 3.63) is 77.0 Å². The Morgan fingerprint density at radius 3 is 2.64 bits per heavy atom. The Morgan fingerprint density at radius 2 is 1.94 bits per heavy atom. The highest BCUT2D eigenvalue weighted by molar-refractivity contribution is 6.17. The van der Waals surface area contributed by atoms with Crippen LogP contribution in [0.5, 0.6) is 5.75 Å². The summed E-state index contributed by atoms with van der Waals surface area (Å²) in [5, 5.41) is 8.17. The lowest BCUT2D eigenvalue weighted by atomic mass is 9.98. The number of alkyl halides is 1. The van der Waals surface area contributed by atoms with Crippen molar-refractivity contribution in [1.82, 2.24) is 19.7 Å². The Hall–Kier alpha value is -3.78. The van der Waals surface area contributed by atoms with Crippen molar-refractivity contribution in [2.45, 2.75) is 31.2 Å². The number of amides is 1. The van der Waals surface area contributed by atoms with Gasteiger partial charge in [-0.15, -0.1) is 21.8 Å². The van der Waals surface area contributed by atoms with Gasteiger partial charge in [0.1, 0.15) is 23.7 Å². The van der Waals surface area contributed by atoms with Crippen LogP contribution in [0.25, 0.3) is 22.5 Å². The maximum atomic E-state index is 14.3. The summed E-state index contributed by atoms with van der Waals surface area (Å²) >= 11 is 6.06. The summed E-state index contributed by atoms with van der Waals surface area (Å²) in [4.78, 5) is 20.1. The number of carbonyl (C=O) groups is 1. The first-order chi connectivity index (χ1) is 17.5. The first-order valence-corrected chi connectivity index (χ1v) is 12.2. The number of aryl methyl sites for hydroxylation is 1. The van der Waals surface area contributed by atoms with Crippen molar-refractivity contribution in [3.63, 3.8) is 0 Å². The monoisotopic (exact) mass is 503 g/mol. The summed E-state index contributed by atoms with van der Waals surface area (Å²) in [5.41, 5.74) is 5.40. The van der Waals surface area contributed by atoms with Gasteiger partial charge in [-0.1, -0.05) is 6.07 Å². The fourth-order valence-electron chi connectivity index (χ4n) is 4.78. The molecule has 1 aliphatic heterocycles. The highest BCUT2D eigenvalue weighted by atomic mass is 35.5. The van der Waals surface area contributed by atoms with E-state index in [1.165, 1.54) is 12.1 Å². The Balaban J connectivity index is 1.48. The van der Waals surface area contributed by atoms with Crippen LogP contribution in [0.15, 0.2) is 48.8 Å². The summed E-state index contributed by atoms with van der Waals surface area (Å²) in [6.45, 7) is 0.347. The van der Waals surface area contributed by atoms with Gasteiger partial charge in [-0.05, 0) is 65.9 Å². The standard InChI is InChI=1S/C27H23ClFN5O2/c1-33-14-30-32-26(33)20-11-18(29)5-6-19(20)17-9-23(16-3-4-16)31-25(10-17)34-13-22-21(27(34)35)7-15(12-28)8-24(22)36-2/h5-11,14,16H,3-4,12-13H2,1-2H3. The van der Waals surface area contributed by atoms with Crippen LogP contribution in [0.4, 0.5) is 10.2 Å². The number of benzene rings is 2. The third-order valence-electron chi connectivity index (χ3n) is 6.78. The second-order valence-corrected chi connectivity index (χ2v) is 9.48. The van der Waals surface area contributed by atoms with E-state index in [1.807, 2.05) is 31.3 Å². The molecule has 182 valence electrons. The average Bonchev–Trinajstić information content (AvgIpc) is 3.58. The minimum atomic E-state index is -0.360. The molecular formula is C27H23ClFN5O2. The number of halogens is 2. The van der Waals surface area contributed by atoms with Crippen molar-refractivity contribution in [1.29, 1.82) is 0 Å². The Labute approximate surface area is 212 Å². The zero-order valence-corrected chi connectivity index (χ0v) is 20.6. The van der Waals surface area contributed by atoms with Gasteiger partial charge < -0.3 is 9.30 Å². The molecule has 0 unspecified atom stereocenters. The van der Waals surface area contributed by atoms with Crippen LogP contribution in [0, 0.1) is 5.82 Å². The molecule has 3 heterocycles. The number of carbonyl (C=O) groups excluding carboxylic acids is 1. The average molecular weight is 504 g/mol. The molecule has 1 saturated carbocycles. The summed E-state index contributed by atoms with van der Waals surface area (Å²) in [6.07, 6.45) is 3.69. The molecule has 0 bridgehead atoms. The molecule has 4 aromatic rings. The zero-order chi connectivity index (χ0) is 25.0. The Kier molecular flexibility index (Phi) is 5.48. The van der Waals surface area contributed by atoms with Gasteiger partial charge in [-0.3, -0.25) is 9.69 Å². The van der Waals surface area contributed by atoms with E-state index in [9.17, 15) is 9.18 Å². The molecule has 6 rings (SSSR count). The SMILES string of the molecule is COc1cc(CCl)cc2c1CN(c1cc(-c3ccc(F)cc3-c3nncn3C)cc(C3CC3)n1)C2=O. The van der Waals surface area contributed by atoms with Crippen molar-refractivity contribution in [3.8, 4) is 28.3 Å². The van der Waals surface area contributed by atoms with E-state index in [4.69, 9.17) is 21.3 Å². The van der Waals surface area contributed by atoms with E-state index < -0.39 is 0 Å². The van der Waals surface area contributed by atoms with Gasteiger partial charge in [-0.2, -0.15) is 0 Å². The van der Waals surface area contributed by atoms with Crippen molar-refractivity contribution >= 4 is 23.3 Å². The Bertz CT molecular complexity index is 1510. The van der Waals surface area contributed by atoms with Crippen molar-refractivity contribution < 1.29 is 13.9 Å². The molecule has 36 heavy (non-hydrogen) atoms. The van der Waals surface area contributed by atoms with E-state index in [1.54, 1.807) is 29.0 Å². The highest BCUT2D eigenvalue weighted by Crippen LogP contribution is 2.43. The highest BCUT2D eigenvalue weighted by Gasteiger charge is 2.34. The third-order valence-corrected chi connectivity index (χ3v) is 7.09. The quantitative estimate of drug-likeness (QED) is 0.326. The van der Waals surface area contributed by atoms with Crippen LogP contribution in [0.1, 0.15) is 45.9 Å². The van der Waals surface area contributed by atoms with Gasteiger partial charge in [0.15, 0.2) is 5.82 Å². The number of methoxy groups -OCH3 is 1. The molecule has 2 aliphatic rings. The molecule has 0 N–H and O–H groups in total. The molecule has 0 saturated heterocycles. The summed E-state index contributed by atoms with van der Waals surface area (Å²) in [5.74, 6) is 1.87. The summed E-state index contributed by atoms with van der Waals surface area (Å²) in [7, 11) is 3.41. The largest absolute Gasteiger partial charge is 0.496 e. The molecule has 1 fully saturated rings. The van der Waals surface area contributed by atoms with Crippen LogP contribution in [0.3, 0.4) is 0 Å². The number of rotatable bonds is 6. The number of hydrogen-bond acceptors (Lipinski definition) is 5. The van der Waals surface area contributed by atoms with E-state index in [2.05, 4.69) is 10.2 Å². The second-order valence-electron chi connectivity index (χ2n) is 9.22. The maximum absolute atomic E-state index is 14.3. The molecule has 2 aromatic carbocycles. The lowest BCUT2D eigenvalue weighted by molar-refractivity contribution is 0.0996. The first kappa shape index (κ1) is 22.7. The fraction of sp³-hybridized carbons (Fsp3) is 0.259. The van der Waals surface area contributed by atoms with E-state index >= 15 is 0 Å². The minimum absolute atomic E-state index is 0.144.